The highest BCUT2D eigenvalue weighted by molar-refractivity contribution is 5.90. The number of anilines is 1. The van der Waals surface area contributed by atoms with Crippen LogP contribution in [0.5, 0.6) is 5.75 Å². The number of rotatable bonds is 3. The van der Waals surface area contributed by atoms with Crippen LogP contribution < -0.4 is 5.32 Å². The molecule has 2 N–H and O–H groups in total. The summed E-state index contributed by atoms with van der Waals surface area (Å²) in [6, 6.07) is 17.3. The van der Waals surface area contributed by atoms with E-state index < -0.39 is 0 Å². The van der Waals surface area contributed by atoms with Crippen molar-refractivity contribution in [3.05, 3.63) is 66.4 Å². The van der Waals surface area contributed by atoms with Gasteiger partial charge in [-0.1, -0.05) is 30.3 Å². The summed E-state index contributed by atoms with van der Waals surface area (Å²) in [6.07, 6.45) is 1.80. The Morgan fingerprint density at radius 1 is 0.947 bits per heavy atom. The van der Waals surface area contributed by atoms with Gasteiger partial charge in [0.25, 0.3) is 0 Å². The molecule has 0 aliphatic rings. The predicted octanol–water partition coefficient (Wildman–Crippen LogP) is 3.55. The van der Waals surface area contributed by atoms with E-state index in [0.29, 0.717) is 6.54 Å². The first-order valence-corrected chi connectivity index (χ1v) is 6.18. The van der Waals surface area contributed by atoms with Crippen molar-refractivity contribution in [2.45, 2.75) is 6.54 Å². The lowest BCUT2D eigenvalue weighted by molar-refractivity contribution is 0.475. The molecule has 0 fully saturated rings. The van der Waals surface area contributed by atoms with Gasteiger partial charge in [0.05, 0.1) is 11.2 Å². The van der Waals surface area contributed by atoms with Crippen LogP contribution in [0.25, 0.3) is 10.9 Å². The summed E-state index contributed by atoms with van der Waals surface area (Å²) in [4.78, 5) is 4.41. The zero-order valence-corrected chi connectivity index (χ0v) is 10.4. The summed E-state index contributed by atoms with van der Waals surface area (Å²) in [5, 5.41) is 13.8. The van der Waals surface area contributed by atoms with E-state index in [9.17, 15) is 5.11 Å². The van der Waals surface area contributed by atoms with Gasteiger partial charge < -0.3 is 10.4 Å². The molecular weight excluding hydrogens is 236 g/mol. The molecule has 0 saturated heterocycles. The molecule has 2 aromatic carbocycles. The second-order valence-corrected chi connectivity index (χ2v) is 4.40. The number of benzene rings is 2. The molecular formula is C16H14N2O. The smallest absolute Gasteiger partial charge is 0.115 e. The molecule has 19 heavy (non-hydrogen) atoms. The second kappa shape index (κ2) is 4.98. The molecule has 1 aromatic heterocycles. The molecule has 3 nitrogen and oxygen atoms in total. The molecule has 3 rings (SSSR count). The number of phenolic OH excluding ortho intramolecular Hbond substituents is 1. The van der Waals surface area contributed by atoms with Crippen molar-refractivity contribution in [1.29, 1.82) is 0 Å². The quantitative estimate of drug-likeness (QED) is 0.747. The third-order valence-corrected chi connectivity index (χ3v) is 3.05. The molecule has 94 valence electrons. The minimum Gasteiger partial charge on any atom is -0.508 e. The number of hydrogen-bond acceptors (Lipinski definition) is 3. The standard InChI is InChI=1S/C16H14N2O/c19-14-8-6-12(7-9-14)11-18-15-5-1-3-13-4-2-10-17-16(13)15/h1-10,18-19H,11H2. The average Bonchev–Trinajstić information content (AvgIpc) is 2.47. The van der Waals surface area contributed by atoms with Crippen molar-refractivity contribution in [3.8, 4) is 5.75 Å². The number of para-hydroxylation sites is 1. The first-order chi connectivity index (χ1) is 9.33. The van der Waals surface area contributed by atoms with Crippen molar-refractivity contribution >= 4 is 16.6 Å². The van der Waals surface area contributed by atoms with E-state index in [1.165, 1.54) is 0 Å². The van der Waals surface area contributed by atoms with Crippen LogP contribution in [0.4, 0.5) is 5.69 Å². The number of aromatic hydroxyl groups is 1. The SMILES string of the molecule is Oc1ccc(CNc2cccc3cccnc23)cc1. The van der Waals surface area contributed by atoms with Crippen LogP contribution in [0.2, 0.25) is 0 Å². The molecule has 0 unspecified atom stereocenters. The van der Waals surface area contributed by atoms with Gasteiger partial charge in [-0.15, -0.1) is 0 Å². The summed E-state index contributed by atoms with van der Waals surface area (Å²) in [7, 11) is 0. The van der Waals surface area contributed by atoms with Crippen LogP contribution in [-0.2, 0) is 6.54 Å². The number of nitrogens with one attached hydrogen (secondary N) is 1. The van der Waals surface area contributed by atoms with Crippen LogP contribution in [0.15, 0.2) is 60.8 Å². The third-order valence-electron chi connectivity index (χ3n) is 3.05. The molecule has 0 amide bonds. The number of pyridine rings is 1. The normalized spacial score (nSPS) is 10.5. The maximum absolute atomic E-state index is 9.25. The number of aromatic nitrogens is 1. The predicted molar refractivity (Wildman–Crippen MR) is 77.2 cm³/mol. The lowest BCUT2D eigenvalue weighted by Crippen LogP contribution is -2.00. The monoisotopic (exact) mass is 250 g/mol. The van der Waals surface area contributed by atoms with Gasteiger partial charge in [0, 0.05) is 18.1 Å². The Hall–Kier alpha value is -2.55. The minimum atomic E-state index is 0.288. The fraction of sp³-hybridized carbons (Fsp3) is 0.0625. The van der Waals surface area contributed by atoms with Crippen molar-refractivity contribution in [3.63, 3.8) is 0 Å². The zero-order valence-electron chi connectivity index (χ0n) is 10.4. The van der Waals surface area contributed by atoms with Crippen molar-refractivity contribution in [1.82, 2.24) is 4.98 Å². The van der Waals surface area contributed by atoms with Gasteiger partial charge in [0.1, 0.15) is 5.75 Å². The lowest BCUT2D eigenvalue weighted by atomic mass is 10.1. The van der Waals surface area contributed by atoms with Crippen molar-refractivity contribution in [2.24, 2.45) is 0 Å². The average molecular weight is 250 g/mol. The Morgan fingerprint density at radius 2 is 1.74 bits per heavy atom. The highest BCUT2D eigenvalue weighted by Gasteiger charge is 2.01. The maximum Gasteiger partial charge on any atom is 0.115 e. The van der Waals surface area contributed by atoms with Gasteiger partial charge in [0.15, 0.2) is 0 Å². The Morgan fingerprint density at radius 3 is 2.58 bits per heavy atom. The Kier molecular flexibility index (Phi) is 3.02. The highest BCUT2D eigenvalue weighted by atomic mass is 16.3. The molecule has 0 bridgehead atoms. The van der Waals surface area contributed by atoms with Gasteiger partial charge in [-0.25, -0.2) is 0 Å². The maximum atomic E-state index is 9.25. The Labute approximate surface area is 111 Å². The van der Waals surface area contributed by atoms with Crippen LogP contribution in [0, 0.1) is 0 Å². The first kappa shape index (κ1) is 11.5. The van der Waals surface area contributed by atoms with Gasteiger partial charge in [0.2, 0.25) is 0 Å². The number of fused-ring (bicyclic) bond motifs is 1. The Balaban J connectivity index is 1.84. The van der Waals surface area contributed by atoms with E-state index in [1.807, 2.05) is 42.5 Å². The molecule has 3 aromatic rings. The molecule has 0 aliphatic carbocycles. The summed E-state index contributed by atoms with van der Waals surface area (Å²) < 4.78 is 0. The van der Waals surface area contributed by atoms with E-state index in [1.54, 1.807) is 18.3 Å². The summed E-state index contributed by atoms with van der Waals surface area (Å²) in [5.74, 6) is 0.288. The van der Waals surface area contributed by atoms with Crippen LogP contribution in [-0.4, -0.2) is 10.1 Å². The van der Waals surface area contributed by atoms with E-state index in [0.717, 1.165) is 22.2 Å². The number of hydrogen-bond donors (Lipinski definition) is 2. The lowest BCUT2D eigenvalue weighted by Gasteiger charge is -2.09. The van der Waals surface area contributed by atoms with E-state index in [2.05, 4.69) is 10.3 Å². The molecule has 0 radical (unpaired) electrons. The van der Waals surface area contributed by atoms with E-state index in [-0.39, 0.29) is 5.75 Å². The van der Waals surface area contributed by atoms with Crippen LogP contribution >= 0.6 is 0 Å². The van der Waals surface area contributed by atoms with Gasteiger partial charge in [-0.3, -0.25) is 4.98 Å². The van der Waals surface area contributed by atoms with Gasteiger partial charge in [-0.05, 0) is 29.8 Å². The molecule has 0 aliphatic heterocycles. The molecule has 0 spiro atoms. The van der Waals surface area contributed by atoms with Crippen molar-refractivity contribution in [2.75, 3.05) is 5.32 Å². The first-order valence-electron chi connectivity index (χ1n) is 6.18. The van der Waals surface area contributed by atoms with Crippen LogP contribution in [0.3, 0.4) is 0 Å². The molecule has 1 heterocycles. The highest BCUT2D eigenvalue weighted by Crippen LogP contribution is 2.21. The summed E-state index contributed by atoms with van der Waals surface area (Å²) in [5.41, 5.74) is 3.11. The third kappa shape index (κ3) is 2.50. The summed E-state index contributed by atoms with van der Waals surface area (Å²) >= 11 is 0. The molecule has 0 atom stereocenters. The van der Waals surface area contributed by atoms with Gasteiger partial charge >= 0.3 is 0 Å². The molecule has 3 heteroatoms. The minimum absolute atomic E-state index is 0.288. The molecule has 0 saturated carbocycles. The second-order valence-electron chi connectivity index (χ2n) is 4.40. The Bertz CT molecular complexity index is 687. The van der Waals surface area contributed by atoms with Crippen LogP contribution in [0.1, 0.15) is 5.56 Å². The fourth-order valence-corrected chi connectivity index (χ4v) is 2.06. The van der Waals surface area contributed by atoms with E-state index >= 15 is 0 Å². The zero-order chi connectivity index (χ0) is 13.1. The largest absolute Gasteiger partial charge is 0.508 e. The number of nitrogens with zero attached hydrogens (tertiary/aromatic N) is 1. The summed E-state index contributed by atoms with van der Waals surface area (Å²) in [6.45, 7) is 0.704. The van der Waals surface area contributed by atoms with E-state index in [4.69, 9.17) is 0 Å². The fourth-order valence-electron chi connectivity index (χ4n) is 2.06. The number of phenols is 1. The van der Waals surface area contributed by atoms with Crippen molar-refractivity contribution < 1.29 is 5.11 Å². The van der Waals surface area contributed by atoms with Gasteiger partial charge in [-0.2, -0.15) is 0 Å². The topological polar surface area (TPSA) is 45.1 Å².